The molecule has 5 nitrogen and oxygen atoms in total. The molecule has 1 fully saturated rings. The topological polar surface area (TPSA) is 49.3 Å². The second kappa shape index (κ2) is 8.81. The van der Waals surface area contributed by atoms with Crippen LogP contribution in [0.2, 0.25) is 0 Å². The van der Waals surface area contributed by atoms with Crippen LogP contribution in [0.15, 0.2) is 41.0 Å². The first-order valence-electron chi connectivity index (χ1n) is 10.0. The van der Waals surface area contributed by atoms with Crippen molar-refractivity contribution in [1.29, 1.82) is 0 Å². The van der Waals surface area contributed by atoms with E-state index in [-0.39, 0.29) is 11.2 Å². The number of hydrogen-bond donors (Lipinski definition) is 0. The SMILES string of the molecule is CCN1CCN(C(=O)[C@@H](C)Sc2ncnc3scc(-c4ccc(C)cc4)c23)CC1. The number of rotatable bonds is 5. The Kier molecular flexibility index (Phi) is 6.18. The molecule has 3 aromatic rings. The Morgan fingerprint density at radius 2 is 1.90 bits per heavy atom. The monoisotopic (exact) mass is 426 g/mol. The fourth-order valence-electron chi connectivity index (χ4n) is 3.64. The molecule has 0 aliphatic carbocycles. The number of nitrogens with zero attached hydrogens (tertiary/aromatic N) is 4. The predicted molar refractivity (Wildman–Crippen MR) is 122 cm³/mol. The van der Waals surface area contributed by atoms with E-state index >= 15 is 0 Å². The number of thioether (sulfide) groups is 1. The molecule has 1 aliphatic heterocycles. The zero-order valence-corrected chi connectivity index (χ0v) is 18.7. The van der Waals surface area contributed by atoms with E-state index in [1.807, 2.05) is 11.8 Å². The molecule has 0 radical (unpaired) electrons. The van der Waals surface area contributed by atoms with Gasteiger partial charge in [-0.05, 0) is 26.0 Å². The standard InChI is InChI=1S/C22H26N4OS2/c1-4-25-9-11-26(12-10-25)22(27)16(3)29-21-19-18(13-28-20(19)23-14-24-21)17-7-5-15(2)6-8-17/h5-8,13-14,16H,4,9-12H2,1-3H3/t16-/m1/s1. The van der Waals surface area contributed by atoms with Crippen LogP contribution in [0.5, 0.6) is 0 Å². The van der Waals surface area contributed by atoms with Gasteiger partial charge in [0.2, 0.25) is 5.91 Å². The molecule has 152 valence electrons. The number of amides is 1. The van der Waals surface area contributed by atoms with Gasteiger partial charge in [-0.25, -0.2) is 9.97 Å². The van der Waals surface area contributed by atoms with Crippen molar-refractivity contribution in [2.45, 2.75) is 31.0 Å². The van der Waals surface area contributed by atoms with Crippen LogP contribution in [-0.4, -0.2) is 63.6 Å². The van der Waals surface area contributed by atoms with Crippen LogP contribution in [-0.2, 0) is 4.79 Å². The Bertz CT molecular complexity index is 994. The maximum Gasteiger partial charge on any atom is 0.235 e. The van der Waals surface area contributed by atoms with Crippen LogP contribution < -0.4 is 0 Å². The Morgan fingerprint density at radius 1 is 1.17 bits per heavy atom. The van der Waals surface area contributed by atoms with Crippen molar-refractivity contribution < 1.29 is 4.79 Å². The minimum atomic E-state index is -0.174. The first-order valence-corrected chi connectivity index (χ1v) is 11.8. The predicted octanol–water partition coefficient (Wildman–Crippen LogP) is 4.31. The second-order valence-corrected chi connectivity index (χ2v) is 9.58. The quantitative estimate of drug-likeness (QED) is 0.449. The highest BCUT2D eigenvalue weighted by Crippen LogP contribution is 2.39. The number of benzene rings is 1. The van der Waals surface area contributed by atoms with Gasteiger partial charge >= 0.3 is 0 Å². The minimum Gasteiger partial charge on any atom is -0.339 e. The van der Waals surface area contributed by atoms with Crippen LogP contribution in [0.1, 0.15) is 19.4 Å². The molecule has 3 heterocycles. The van der Waals surface area contributed by atoms with Crippen molar-refractivity contribution in [3.05, 3.63) is 41.5 Å². The van der Waals surface area contributed by atoms with Gasteiger partial charge in [0.1, 0.15) is 16.2 Å². The van der Waals surface area contributed by atoms with E-state index < -0.39 is 0 Å². The summed E-state index contributed by atoms with van der Waals surface area (Å²) in [5.74, 6) is 0.199. The summed E-state index contributed by atoms with van der Waals surface area (Å²) in [4.78, 5) is 27.4. The number of fused-ring (bicyclic) bond motifs is 1. The fraction of sp³-hybridized carbons (Fsp3) is 0.409. The minimum absolute atomic E-state index is 0.174. The highest BCUT2D eigenvalue weighted by atomic mass is 32.2. The Hall–Kier alpha value is -1.96. The summed E-state index contributed by atoms with van der Waals surface area (Å²) in [6.45, 7) is 10.8. The summed E-state index contributed by atoms with van der Waals surface area (Å²) >= 11 is 3.18. The van der Waals surface area contributed by atoms with Crippen LogP contribution in [0.4, 0.5) is 0 Å². The van der Waals surface area contributed by atoms with E-state index in [1.54, 1.807) is 29.4 Å². The van der Waals surface area contributed by atoms with Gasteiger partial charge in [0, 0.05) is 37.1 Å². The number of aryl methyl sites for hydroxylation is 1. The molecule has 4 rings (SSSR count). The van der Waals surface area contributed by atoms with Gasteiger partial charge in [-0.2, -0.15) is 0 Å². The molecule has 1 amide bonds. The van der Waals surface area contributed by atoms with E-state index in [1.165, 1.54) is 5.56 Å². The van der Waals surface area contributed by atoms with Crippen LogP contribution in [0, 0.1) is 6.92 Å². The molecule has 7 heteroatoms. The van der Waals surface area contributed by atoms with Gasteiger partial charge < -0.3 is 9.80 Å². The first kappa shape index (κ1) is 20.3. The first-order chi connectivity index (χ1) is 14.1. The average molecular weight is 427 g/mol. The van der Waals surface area contributed by atoms with Crippen molar-refractivity contribution in [2.75, 3.05) is 32.7 Å². The molecule has 0 bridgehead atoms. The lowest BCUT2D eigenvalue weighted by molar-refractivity contribution is -0.132. The molecule has 1 saturated heterocycles. The van der Waals surface area contributed by atoms with Crippen molar-refractivity contribution in [2.24, 2.45) is 0 Å². The van der Waals surface area contributed by atoms with Crippen LogP contribution >= 0.6 is 23.1 Å². The average Bonchev–Trinajstić information content (AvgIpc) is 3.19. The summed E-state index contributed by atoms with van der Waals surface area (Å²) in [7, 11) is 0. The smallest absolute Gasteiger partial charge is 0.235 e. The maximum absolute atomic E-state index is 13.0. The fourth-order valence-corrected chi connectivity index (χ4v) is 5.64. The van der Waals surface area contributed by atoms with Crippen molar-refractivity contribution in [1.82, 2.24) is 19.8 Å². The summed E-state index contributed by atoms with van der Waals surface area (Å²) in [6.07, 6.45) is 1.61. The Balaban J connectivity index is 1.57. The third-order valence-corrected chi connectivity index (χ3v) is 7.44. The molecule has 2 aromatic heterocycles. The lowest BCUT2D eigenvalue weighted by Gasteiger charge is -2.35. The second-order valence-electron chi connectivity index (χ2n) is 7.39. The largest absolute Gasteiger partial charge is 0.339 e. The van der Waals surface area contributed by atoms with E-state index in [9.17, 15) is 4.79 Å². The third kappa shape index (κ3) is 4.32. The summed E-state index contributed by atoms with van der Waals surface area (Å²) < 4.78 is 0. The van der Waals surface area contributed by atoms with Gasteiger partial charge in [-0.15, -0.1) is 11.3 Å². The number of carbonyl (C=O) groups is 1. The molecule has 0 unspecified atom stereocenters. The number of carbonyl (C=O) groups excluding carboxylic acids is 1. The lowest BCUT2D eigenvalue weighted by Crippen LogP contribution is -2.50. The molecule has 29 heavy (non-hydrogen) atoms. The summed E-state index contributed by atoms with van der Waals surface area (Å²) in [5, 5.41) is 3.92. The van der Waals surface area contributed by atoms with E-state index in [4.69, 9.17) is 0 Å². The number of likely N-dealkylation sites (N-methyl/N-ethyl adjacent to an activating group) is 1. The maximum atomic E-state index is 13.0. The molecular formula is C22H26N4OS2. The normalized spacial score (nSPS) is 16.3. The van der Waals surface area contributed by atoms with Gasteiger partial charge in [-0.3, -0.25) is 4.79 Å². The van der Waals surface area contributed by atoms with Crippen molar-refractivity contribution >= 4 is 39.2 Å². The molecule has 1 aromatic carbocycles. The van der Waals surface area contributed by atoms with E-state index in [2.05, 4.69) is 58.4 Å². The van der Waals surface area contributed by atoms with Gasteiger partial charge in [0.25, 0.3) is 0 Å². The summed E-state index contributed by atoms with van der Waals surface area (Å²) in [5.41, 5.74) is 3.54. The zero-order valence-electron chi connectivity index (χ0n) is 17.1. The van der Waals surface area contributed by atoms with Gasteiger partial charge in [0.15, 0.2) is 0 Å². The molecular weight excluding hydrogens is 400 g/mol. The molecule has 1 atom stereocenters. The highest BCUT2D eigenvalue weighted by Gasteiger charge is 2.26. The van der Waals surface area contributed by atoms with Gasteiger partial charge in [0.05, 0.1) is 10.6 Å². The van der Waals surface area contributed by atoms with Crippen molar-refractivity contribution in [3.63, 3.8) is 0 Å². The van der Waals surface area contributed by atoms with Crippen molar-refractivity contribution in [3.8, 4) is 11.1 Å². The lowest BCUT2D eigenvalue weighted by atomic mass is 10.1. The van der Waals surface area contributed by atoms with Crippen LogP contribution in [0.25, 0.3) is 21.3 Å². The highest BCUT2D eigenvalue weighted by molar-refractivity contribution is 8.00. The molecule has 0 saturated carbocycles. The van der Waals surface area contributed by atoms with E-state index in [0.717, 1.165) is 59.1 Å². The molecule has 0 N–H and O–H groups in total. The number of thiophene rings is 1. The third-order valence-electron chi connectivity index (χ3n) is 5.47. The Labute approximate surface area is 180 Å². The number of hydrogen-bond acceptors (Lipinski definition) is 6. The number of aromatic nitrogens is 2. The molecule has 0 spiro atoms. The van der Waals surface area contributed by atoms with E-state index in [0.29, 0.717) is 0 Å². The molecule has 1 aliphatic rings. The van der Waals surface area contributed by atoms with Gasteiger partial charge in [-0.1, -0.05) is 48.5 Å². The number of piperazine rings is 1. The van der Waals surface area contributed by atoms with Crippen LogP contribution in [0.3, 0.4) is 0 Å². The summed E-state index contributed by atoms with van der Waals surface area (Å²) in [6, 6.07) is 8.52. The Morgan fingerprint density at radius 3 is 2.59 bits per heavy atom. The zero-order chi connectivity index (χ0) is 20.4.